The largest absolute Gasteiger partial charge is 0.481 e. The molecule has 3 rings (SSSR count). The quantitative estimate of drug-likeness (QED) is 0.0529. The second-order valence-electron chi connectivity index (χ2n) is 12.6. The molecule has 17 heteroatoms. The van der Waals surface area contributed by atoms with Crippen LogP contribution in [0.4, 0.5) is 0 Å². The number of hydrogen-bond acceptors (Lipinski definition) is 8. The molecule has 12 N–H and O–H groups in total. The molecule has 1 aromatic carbocycles. The average Bonchev–Trinajstić information content (AvgIpc) is 3.68. The molecule has 0 saturated carbocycles. The van der Waals surface area contributed by atoms with Crippen molar-refractivity contribution in [1.82, 2.24) is 25.8 Å². The Hall–Kier alpha value is -5.19. The van der Waals surface area contributed by atoms with Crippen LogP contribution in [0.2, 0.25) is 0 Å². The molecule has 268 valence electrons. The van der Waals surface area contributed by atoms with Crippen molar-refractivity contribution in [3.63, 3.8) is 0 Å². The monoisotopic (exact) mass is 685 g/mol. The molecule has 2 heterocycles. The van der Waals surface area contributed by atoms with Gasteiger partial charge in [-0.05, 0) is 56.1 Å². The number of guanidine groups is 1. The van der Waals surface area contributed by atoms with Gasteiger partial charge in [-0.15, -0.1) is 0 Å². The Morgan fingerprint density at radius 2 is 1.69 bits per heavy atom. The number of carbonyl (C=O) groups excluding carboxylic acids is 4. The molecule has 0 unspecified atom stereocenters. The number of nitrogens with one attached hydrogen (secondary N) is 4. The number of hydrogen-bond donors (Lipinski definition) is 9. The molecule has 0 aliphatic carbocycles. The van der Waals surface area contributed by atoms with E-state index in [2.05, 4.69) is 25.9 Å². The number of amides is 4. The van der Waals surface area contributed by atoms with Gasteiger partial charge in [-0.25, -0.2) is 4.79 Å². The van der Waals surface area contributed by atoms with Gasteiger partial charge in [0, 0.05) is 30.2 Å². The minimum absolute atomic E-state index is 0.0310. The van der Waals surface area contributed by atoms with Crippen LogP contribution in [0.15, 0.2) is 35.5 Å². The predicted molar refractivity (Wildman–Crippen MR) is 180 cm³/mol. The summed E-state index contributed by atoms with van der Waals surface area (Å²) < 4.78 is 0. The van der Waals surface area contributed by atoms with Gasteiger partial charge in [-0.2, -0.15) is 0 Å². The number of aliphatic carboxylic acids is 2. The van der Waals surface area contributed by atoms with Gasteiger partial charge >= 0.3 is 11.9 Å². The van der Waals surface area contributed by atoms with Gasteiger partial charge in [0.15, 0.2) is 5.96 Å². The number of H-pyrrole nitrogens is 1. The van der Waals surface area contributed by atoms with Gasteiger partial charge < -0.3 is 53.2 Å². The first-order valence-corrected chi connectivity index (χ1v) is 16.2. The molecule has 1 aliphatic rings. The number of aliphatic imine (C=N–C) groups is 1. The van der Waals surface area contributed by atoms with E-state index in [1.165, 1.54) is 4.90 Å². The van der Waals surface area contributed by atoms with Crippen LogP contribution in [0.3, 0.4) is 0 Å². The Labute approximate surface area is 283 Å². The highest BCUT2D eigenvalue weighted by atomic mass is 16.4. The van der Waals surface area contributed by atoms with Crippen molar-refractivity contribution in [2.45, 2.75) is 89.0 Å². The van der Waals surface area contributed by atoms with Crippen LogP contribution in [0.1, 0.15) is 57.9 Å². The van der Waals surface area contributed by atoms with Crippen LogP contribution in [0.25, 0.3) is 10.9 Å². The molecule has 1 saturated heterocycles. The van der Waals surface area contributed by atoms with Crippen molar-refractivity contribution in [2.24, 2.45) is 28.1 Å². The second-order valence-corrected chi connectivity index (χ2v) is 12.6. The summed E-state index contributed by atoms with van der Waals surface area (Å²) >= 11 is 0. The molecule has 17 nitrogen and oxygen atoms in total. The molecule has 1 aromatic heterocycles. The van der Waals surface area contributed by atoms with E-state index < -0.39 is 72.2 Å². The van der Waals surface area contributed by atoms with Crippen molar-refractivity contribution in [1.29, 1.82) is 0 Å². The maximum atomic E-state index is 13.9. The third-order valence-electron chi connectivity index (χ3n) is 8.18. The number of nitrogens with zero attached hydrogens (tertiary/aromatic N) is 2. The maximum Gasteiger partial charge on any atom is 0.326 e. The van der Waals surface area contributed by atoms with Crippen LogP contribution in [-0.4, -0.2) is 105 Å². The predicted octanol–water partition coefficient (Wildman–Crippen LogP) is -0.858. The third-order valence-corrected chi connectivity index (χ3v) is 8.18. The molecular weight excluding hydrogens is 638 g/mol. The summed E-state index contributed by atoms with van der Waals surface area (Å²) in [6.07, 6.45) is 2.35. The van der Waals surface area contributed by atoms with Gasteiger partial charge in [0.2, 0.25) is 23.6 Å². The number of para-hydroxylation sites is 1. The van der Waals surface area contributed by atoms with Crippen LogP contribution in [0, 0.1) is 5.92 Å². The van der Waals surface area contributed by atoms with E-state index in [0.717, 1.165) is 16.5 Å². The Morgan fingerprint density at radius 3 is 2.35 bits per heavy atom. The lowest BCUT2D eigenvalue weighted by molar-refractivity contribution is -0.148. The lowest BCUT2D eigenvalue weighted by Crippen LogP contribution is -2.58. The molecule has 2 aromatic rings. The lowest BCUT2D eigenvalue weighted by Gasteiger charge is -2.30. The normalized spacial score (nSPS) is 16.7. The van der Waals surface area contributed by atoms with E-state index in [9.17, 15) is 33.9 Å². The maximum absolute atomic E-state index is 13.9. The number of aromatic nitrogens is 1. The van der Waals surface area contributed by atoms with E-state index in [4.69, 9.17) is 22.3 Å². The van der Waals surface area contributed by atoms with Gasteiger partial charge in [0.1, 0.15) is 24.2 Å². The highest BCUT2D eigenvalue weighted by Gasteiger charge is 2.39. The van der Waals surface area contributed by atoms with Gasteiger partial charge in [0.05, 0.1) is 12.5 Å². The molecular formula is C32H47N9O8. The number of carboxylic acid groups (broad SMARTS) is 2. The Kier molecular flexibility index (Phi) is 13.9. The van der Waals surface area contributed by atoms with Crippen LogP contribution in [0.5, 0.6) is 0 Å². The Bertz CT molecular complexity index is 1540. The number of rotatable bonds is 18. The molecule has 49 heavy (non-hydrogen) atoms. The number of nitrogens with two attached hydrogens (primary N) is 3. The smallest absolute Gasteiger partial charge is 0.326 e. The average molecular weight is 686 g/mol. The third kappa shape index (κ3) is 11.2. The Morgan fingerprint density at radius 1 is 1.00 bits per heavy atom. The van der Waals surface area contributed by atoms with Crippen molar-refractivity contribution < 1.29 is 39.0 Å². The van der Waals surface area contributed by atoms with Gasteiger partial charge in [-0.1, -0.05) is 32.0 Å². The highest BCUT2D eigenvalue weighted by Crippen LogP contribution is 2.21. The standard InChI is InChI=1S/C32H47N9O8/c1-17(2)13-23(39-27(44)20(33)14-18-16-37-21-8-4-3-7-19(18)21)28(45)38-22(9-5-11-36-32(34)35)30(47)41-12-6-10-25(41)29(46)40-24(31(48)49)15-26(42)43/h3-4,7-8,16-17,20,22-25,37H,5-6,9-15,33H2,1-2H3,(H,38,45)(H,39,44)(H,40,46)(H,42,43)(H,48,49)(H4,34,35,36)/t20-,22-,23-,24-,25-/m0/s1. The highest BCUT2D eigenvalue weighted by molar-refractivity contribution is 5.96. The van der Waals surface area contributed by atoms with E-state index in [1.807, 2.05) is 38.1 Å². The summed E-state index contributed by atoms with van der Waals surface area (Å²) in [6.45, 7) is 4.04. The van der Waals surface area contributed by atoms with Gasteiger partial charge in [0.25, 0.3) is 0 Å². The molecule has 4 amide bonds. The molecule has 0 spiro atoms. The minimum atomic E-state index is -1.69. The van der Waals surface area contributed by atoms with Crippen LogP contribution >= 0.6 is 0 Å². The zero-order valence-electron chi connectivity index (χ0n) is 27.7. The molecule has 0 radical (unpaired) electrons. The topological polar surface area (TPSA) is 288 Å². The number of carbonyl (C=O) groups is 6. The van der Waals surface area contributed by atoms with Crippen LogP contribution in [-0.2, 0) is 35.2 Å². The van der Waals surface area contributed by atoms with Gasteiger partial charge in [-0.3, -0.25) is 29.0 Å². The fourth-order valence-electron chi connectivity index (χ4n) is 5.79. The first-order chi connectivity index (χ1) is 23.2. The second kappa shape index (κ2) is 17.8. The summed E-state index contributed by atoms with van der Waals surface area (Å²) in [6, 6.07) is 1.64. The van der Waals surface area contributed by atoms with Crippen molar-refractivity contribution in [3.05, 3.63) is 36.0 Å². The fraction of sp³-hybridized carbons (Fsp3) is 0.531. The molecule has 0 bridgehead atoms. The van der Waals surface area contributed by atoms with E-state index >= 15 is 0 Å². The summed E-state index contributed by atoms with van der Waals surface area (Å²) in [7, 11) is 0. The van der Waals surface area contributed by atoms with E-state index in [-0.39, 0.29) is 57.1 Å². The number of aromatic amines is 1. The molecule has 1 aliphatic heterocycles. The lowest BCUT2D eigenvalue weighted by atomic mass is 10.00. The summed E-state index contributed by atoms with van der Waals surface area (Å²) in [4.78, 5) is 85.0. The number of carboxylic acids is 2. The summed E-state index contributed by atoms with van der Waals surface area (Å²) in [5.41, 5.74) is 18.9. The Balaban J connectivity index is 1.76. The zero-order valence-corrected chi connectivity index (χ0v) is 27.7. The first-order valence-electron chi connectivity index (χ1n) is 16.2. The SMILES string of the molecule is CC(C)C[C@H](NC(=O)[C@@H](N)Cc1c[nH]c2ccccc12)C(=O)N[C@@H](CCCN=C(N)N)C(=O)N1CCC[C@H]1C(=O)N[C@@H](CC(=O)O)C(=O)O. The molecule has 1 fully saturated rings. The summed E-state index contributed by atoms with van der Waals surface area (Å²) in [5, 5.41) is 27.0. The van der Waals surface area contributed by atoms with E-state index in [1.54, 1.807) is 6.20 Å². The van der Waals surface area contributed by atoms with Crippen molar-refractivity contribution >= 4 is 52.4 Å². The fourth-order valence-corrected chi connectivity index (χ4v) is 5.79. The van der Waals surface area contributed by atoms with Crippen LogP contribution < -0.4 is 33.2 Å². The van der Waals surface area contributed by atoms with Crippen molar-refractivity contribution in [2.75, 3.05) is 13.1 Å². The zero-order chi connectivity index (χ0) is 36.2. The van der Waals surface area contributed by atoms with E-state index in [0.29, 0.717) is 6.42 Å². The minimum Gasteiger partial charge on any atom is -0.481 e. The first kappa shape index (κ1) is 38.3. The number of likely N-dealkylation sites (tertiary alicyclic amines) is 1. The molecule has 5 atom stereocenters. The number of benzene rings is 1. The number of fused-ring (bicyclic) bond motifs is 1. The van der Waals surface area contributed by atoms with Crippen molar-refractivity contribution in [3.8, 4) is 0 Å². The summed E-state index contributed by atoms with van der Waals surface area (Å²) in [5.74, 6) is -5.74.